The number of rotatable bonds is 6. The summed E-state index contributed by atoms with van der Waals surface area (Å²) in [5.74, 6) is -0.834. The molecule has 1 fully saturated rings. The van der Waals surface area contributed by atoms with Crippen LogP contribution in [-0.2, 0) is 19.7 Å². The van der Waals surface area contributed by atoms with Crippen molar-refractivity contribution in [2.75, 3.05) is 33.4 Å². The molecule has 1 aromatic rings. The molecule has 0 amide bonds. The summed E-state index contributed by atoms with van der Waals surface area (Å²) in [6, 6.07) is 4.89. The average molecular weight is 330 g/mol. The SMILES string of the molecule is COc1cccc(C(NS(=O)(=O)N2CCOCC2)C(=O)O)c1. The largest absolute Gasteiger partial charge is 0.497 e. The number of carbonyl (C=O) groups is 1. The second-order valence-electron chi connectivity index (χ2n) is 4.68. The minimum absolute atomic E-state index is 0.194. The first-order valence-corrected chi connectivity index (χ1v) is 8.10. The van der Waals surface area contributed by atoms with Crippen molar-refractivity contribution in [3.8, 4) is 5.75 Å². The van der Waals surface area contributed by atoms with Gasteiger partial charge in [0.1, 0.15) is 11.8 Å². The molecule has 2 rings (SSSR count). The van der Waals surface area contributed by atoms with Crippen LogP contribution in [0.15, 0.2) is 24.3 Å². The molecule has 1 aromatic carbocycles. The van der Waals surface area contributed by atoms with Gasteiger partial charge in [-0.05, 0) is 17.7 Å². The zero-order chi connectivity index (χ0) is 16.2. The van der Waals surface area contributed by atoms with Crippen molar-refractivity contribution in [2.24, 2.45) is 0 Å². The van der Waals surface area contributed by atoms with E-state index >= 15 is 0 Å². The maximum atomic E-state index is 12.3. The van der Waals surface area contributed by atoms with Crippen molar-refractivity contribution in [1.82, 2.24) is 9.03 Å². The van der Waals surface area contributed by atoms with E-state index in [0.29, 0.717) is 11.3 Å². The molecule has 9 heteroatoms. The van der Waals surface area contributed by atoms with Crippen molar-refractivity contribution in [3.05, 3.63) is 29.8 Å². The molecule has 1 unspecified atom stereocenters. The van der Waals surface area contributed by atoms with Crippen LogP contribution in [0.25, 0.3) is 0 Å². The van der Waals surface area contributed by atoms with Crippen molar-refractivity contribution in [2.45, 2.75) is 6.04 Å². The van der Waals surface area contributed by atoms with Gasteiger partial charge >= 0.3 is 5.97 Å². The van der Waals surface area contributed by atoms with Crippen LogP contribution in [0.1, 0.15) is 11.6 Å². The summed E-state index contributed by atoms with van der Waals surface area (Å²) < 4.78 is 38.1. The third-order valence-electron chi connectivity index (χ3n) is 3.25. The number of ether oxygens (including phenoxy) is 2. The molecule has 1 atom stereocenters. The summed E-state index contributed by atoms with van der Waals surface area (Å²) in [7, 11) is -2.46. The molecule has 0 spiro atoms. The van der Waals surface area contributed by atoms with Crippen LogP contribution in [0.3, 0.4) is 0 Å². The zero-order valence-corrected chi connectivity index (χ0v) is 12.9. The summed E-state index contributed by atoms with van der Waals surface area (Å²) in [6.07, 6.45) is 0. The van der Waals surface area contributed by atoms with Crippen LogP contribution < -0.4 is 9.46 Å². The molecule has 1 heterocycles. The number of methoxy groups -OCH3 is 1. The molecule has 0 aliphatic carbocycles. The maximum Gasteiger partial charge on any atom is 0.326 e. The average Bonchev–Trinajstić information content (AvgIpc) is 2.53. The van der Waals surface area contributed by atoms with Gasteiger partial charge in [0.2, 0.25) is 0 Å². The van der Waals surface area contributed by atoms with Crippen LogP contribution in [0.2, 0.25) is 0 Å². The van der Waals surface area contributed by atoms with Crippen molar-refractivity contribution < 1.29 is 27.8 Å². The van der Waals surface area contributed by atoms with Gasteiger partial charge in [0.25, 0.3) is 10.2 Å². The van der Waals surface area contributed by atoms with Gasteiger partial charge in [-0.3, -0.25) is 4.79 Å². The number of hydrogen-bond acceptors (Lipinski definition) is 5. The molecular formula is C13H18N2O6S. The van der Waals surface area contributed by atoms with Crippen molar-refractivity contribution >= 4 is 16.2 Å². The second kappa shape index (κ2) is 7.05. The van der Waals surface area contributed by atoms with Crippen LogP contribution in [0.4, 0.5) is 0 Å². The molecule has 8 nitrogen and oxygen atoms in total. The fraction of sp³-hybridized carbons (Fsp3) is 0.462. The lowest BCUT2D eigenvalue weighted by molar-refractivity contribution is -0.139. The van der Waals surface area contributed by atoms with E-state index in [0.717, 1.165) is 0 Å². The fourth-order valence-electron chi connectivity index (χ4n) is 2.09. The first-order valence-electron chi connectivity index (χ1n) is 6.66. The second-order valence-corrected chi connectivity index (χ2v) is 6.38. The summed E-state index contributed by atoms with van der Waals surface area (Å²) in [4.78, 5) is 11.4. The zero-order valence-electron chi connectivity index (χ0n) is 12.1. The van der Waals surface area contributed by atoms with E-state index in [1.165, 1.54) is 23.5 Å². The van der Waals surface area contributed by atoms with Gasteiger partial charge in [-0.25, -0.2) is 0 Å². The van der Waals surface area contributed by atoms with E-state index in [9.17, 15) is 18.3 Å². The lowest BCUT2D eigenvalue weighted by atomic mass is 10.1. The van der Waals surface area contributed by atoms with Gasteiger partial charge < -0.3 is 14.6 Å². The predicted octanol–water partition coefficient (Wildman–Crippen LogP) is -0.0125. The van der Waals surface area contributed by atoms with Gasteiger partial charge in [0.05, 0.1) is 20.3 Å². The number of hydrogen-bond donors (Lipinski definition) is 2. The first-order chi connectivity index (χ1) is 10.4. The van der Waals surface area contributed by atoms with E-state index in [-0.39, 0.29) is 26.3 Å². The Labute approximate surface area is 128 Å². The molecule has 1 aliphatic rings. The summed E-state index contributed by atoms with van der Waals surface area (Å²) in [5.41, 5.74) is 0.295. The van der Waals surface area contributed by atoms with Gasteiger partial charge in [-0.2, -0.15) is 17.4 Å². The molecule has 0 saturated carbocycles. The predicted molar refractivity (Wildman–Crippen MR) is 77.8 cm³/mol. The van der Waals surface area contributed by atoms with E-state index in [1.807, 2.05) is 0 Å². The lowest BCUT2D eigenvalue weighted by Gasteiger charge is -2.27. The lowest BCUT2D eigenvalue weighted by Crippen LogP contribution is -2.48. The van der Waals surface area contributed by atoms with Gasteiger partial charge in [-0.1, -0.05) is 12.1 Å². The van der Waals surface area contributed by atoms with Gasteiger partial charge in [0.15, 0.2) is 0 Å². The van der Waals surface area contributed by atoms with E-state index in [4.69, 9.17) is 9.47 Å². The smallest absolute Gasteiger partial charge is 0.326 e. The topological polar surface area (TPSA) is 105 Å². The number of nitrogens with one attached hydrogen (secondary N) is 1. The summed E-state index contributed by atoms with van der Waals surface area (Å²) >= 11 is 0. The Morgan fingerprint density at radius 1 is 1.41 bits per heavy atom. The standard InChI is InChI=1S/C13H18N2O6S/c1-20-11-4-2-3-10(9-11)12(13(16)17)14-22(18,19)15-5-7-21-8-6-15/h2-4,9,12,14H,5-8H2,1H3,(H,16,17). The molecule has 0 bridgehead atoms. The monoisotopic (exact) mass is 330 g/mol. The number of benzene rings is 1. The highest BCUT2D eigenvalue weighted by Crippen LogP contribution is 2.21. The Morgan fingerprint density at radius 2 is 2.09 bits per heavy atom. The minimum atomic E-state index is -3.91. The highest BCUT2D eigenvalue weighted by molar-refractivity contribution is 7.87. The molecular weight excluding hydrogens is 312 g/mol. The van der Waals surface area contributed by atoms with Crippen molar-refractivity contribution in [1.29, 1.82) is 0 Å². The van der Waals surface area contributed by atoms with Gasteiger partial charge in [-0.15, -0.1) is 0 Å². The number of morpholine rings is 1. The molecule has 1 saturated heterocycles. The molecule has 0 radical (unpaired) electrons. The Hall–Kier alpha value is -1.68. The third kappa shape index (κ3) is 3.95. The quantitative estimate of drug-likeness (QED) is 0.760. The fourth-order valence-corrected chi connectivity index (χ4v) is 3.41. The Bertz CT molecular complexity index is 627. The third-order valence-corrected chi connectivity index (χ3v) is 4.83. The van der Waals surface area contributed by atoms with E-state index < -0.39 is 22.2 Å². The highest BCUT2D eigenvalue weighted by atomic mass is 32.2. The highest BCUT2D eigenvalue weighted by Gasteiger charge is 2.31. The number of aliphatic carboxylic acids is 1. The molecule has 2 N–H and O–H groups in total. The molecule has 122 valence electrons. The summed E-state index contributed by atoms with van der Waals surface area (Å²) in [5, 5.41) is 9.34. The van der Waals surface area contributed by atoms with Gasteiger partial charge in [0, 0.05) is 13.1 Å². The number of carboxylic acids is 1. The summed E-state index contributed by atoms with van der Waals surface area (Å²) in [6.45, 7) is 0.967. The molecule has 0 aromatic heterocycles. The molecule has 1 aliphatic heterocycles. The van der Waals surface area contributed by atoms with Crippen LogP contribution >= 0.6 is 0 Å². The van der Waals surface area contributed by atoms with E-state index in [2.05, 4.69) is 4.72 Å². The Morgan fingerprint density at radius 3 is 2.68 bits per heavy atom. The van der Waals surface area contributed by atoms with Crippen LogP contribution in [-0.4, -0.2) is 57.2 Å². The Kier molecular flexibility index (Phi) is 5.35. The number of nitrogens with zero attached hydrogens (tertiary/aromatic N) is 1. The van der Waals surface area contributed by atoms with Crippen LogP contribution in [0, 0.1) is 0 Å². The van der Waals surface area contributed by atoms with E-state index in [1.54, 1.807) is 12.1 Å². The maximum absolute atomic E-state index is 12.3. The number of carboxylic acid groups (broad SMARTS) is 1. The first kappa shape index (κ1) is 16.7. The minimum Gasteiger partial charge on any atom is -0.497 e. The molecule has 22 heavy (non-hydrogen) atoms. The Balaban J connectivity index is 2.22. The van der Waals surface area contributed by atoms with Crippen LogP contribution in [0.5, 0.6) is 5.75 Å². The van der Waals surface area contributed by atoms with Crippen molar-refractivity contribution in [3.63, 3.8) is 0 Å². The normalized spacial score (nSPS) is 17.9.